The first-order chi connectivity index (χ1) is 9.28. The largest absolute Gasteiger partial charge is 0.337 e. The molecular weight excluding hydrogens is 262 g/mol. The zero-order valence-electron chi connectivity index (χ0n) is 10.4. The van der Waals surface area contributed by atoms with E-state index in [1.165, 1.54) is 0 Å². The normalized spacial score (nSPS) is 14.3. The van der Waals surface area contributed by atoms with Gasteiger partial charge in [-0.05, 0) is 12.1 Å². The molecule has 4 nitrogen and oxygen atoms in total. The van der Waals surface area contributed by atoms with Crippen LogP contribution < -0.4 is 0 Å². The summed E-state index contributed by atoms with van der Waals surface area (Å²) in [5.41, 5.74) is 3.21. The second-order valence-electron chi connectivity index (χ2n) is 4.58. The van der Waals surface area contributed by atoms with Crippen LogP contribution in [0.4, 0.5) is 0 Å². The number of carbonyl (C=O) groups is 1. The van der Waals surface area contributed by atoms with Gasteiger partial charge in [0.15, 0.2) is 0 Å². The molecule has 1 aliphatic heterocycles. The summed E-state index contributed by atoms with van der Waals surface area (Å²) in [7, 11) is 0. The topological polar surface area (TPSA) is 38.1 Å². The third kappa shape index (κ3) is 2.36. The van der Waals surface area contributed by atoms with Crippen molar-refractivity contribution >= 4 is 17.5 Å². The summed E-state index contributed by atoms with van der Waals surface area (Å²) in [6.07, 6.45) is 2.79. The zero-order valence-corrected chi connectivity index (χ0v) is 11.2. The number of para-hydroxylation sites is 1. The van der Waals surface area contributed by atoms with Gasteiger partial charge in [-0.25, -0.2) is 4.68 Å². The fraction of sp³-hybridized carbons (Fsp3) is 0.286. The fourth-order valence-electron chi connectivity index (χ4n) is 2.32. The van der Waals surface area contributed by atoms with Crippen LogP contribution in [0.25, 0.3) is 5.69 Å². The van der Waals surface area contributed by atoms with Gasteiger partial charge in [-0.1, -0.05) is 18.2 Å². The van der Waals surface area contributed by atoms with Crippen LogP contribution in [0, 0.1) is 0 Å². The van der Waals surface area contributed by atoms with E-state index in [1.54, 1.807) is 4.90 Å². The molecule has 5 heteroatoms. The molecule has 98 valence electrons. The number of halogens is 1. The molecule has 0 bridgehead atoms. The van der Waals surface area contributed by atoms with Crippen LogP contribution >= 0.6 is 11.6 Å². The van der Waals surface area contributed by atoms with Gasteiger partial charge in [0.05, 0.1) is 11.4 Å². The fourth-order valence-corrected chi connectivity index (χ4v) is 2.49. The van der Waals surface area contributed by atoms with E-state index in [9.17, 15) is 4.79 Å². The van der Waals surface area contributed by atoms with Gasteiger partial charge in [-0.2, -0.15) is 5.10 Å². The molecule has 1 amide bonds. The SMILES string of the molecule is O=C(CCl)N1CCc2nn(-c3ccccc3)cc2C1. The molecule has 1 aromatic heterocycles. The molecule has 1 aromatic carbocycles. The number of carbonyl (C=O) groups excluding carboxylic acids is 1. The second kappa shape index (κ2) is 5.05. The Morgan fingerprint density at radius 3 is 2.84 bits per heavy atom. The van der Waals surface area contributed by atoms with Crippen LogP contribution in [-0.2, 0) is 17.8 Å². The Bertz CT molecular complexity index is 594. The van der Waals surface area contributed by atoms with Gasteiger partial charge in [0.25, 0.3) is 0 Å². The molecule has 0 N–H and O–H groups in total. The Balaban J connectivity index is 1.87. The average molecular weight is 276 g/mol. The Morgan fingerprint density at radius 2 is 2.11 bits per heavy atom. The highest BCUT2D eigenvalue weighted by atomic mass is 35.5. The lowest BCUT2D eigenvalue weighted by Crippen LogP contribution is -2.36. The lowest BCUT2D eigenvalue weighted by atomic mass is 10.1. The van der Waals surface area contributed by atoms with E-state index >= 15 is 0 Å². The van der Waals surface area contributed by atoms with Crippen LogP contribution in [0.3, 0.4) is 0 Å². The standard InChI is InChI=1S/C14H14ClN3O/c15-8-14(19)17-7-6-13-11(9-17)10-18(16-13)12-4-2-1-3-5-12/h1-5,10H,6-9H2. The van der Waals surface area contributed by atoms with Crippen LogP contribution in [0.1, 0.15) is 11.3 Å². The molecule has 0 radical (unpaired) electrons. The van der Waals surface area contributed by atoms with Gasteiger partial charge in [0.1, 0.15) is 5.88 Å². The number of nitrogens with zero attached hydrogens (tertiary/aromatic N) is 3. The highest BCUT2D eigenvalue weighted by Crippen LogP contribution is 2.19. The number of hydrogen-bond donors (Lipinski definition) is 0. The first-order valence-electron chi connectivity index (χ1n) is 6.24. The molecule has 2 heterocycles. The summed E-state index contributed by atoms with van der Waals surface area (Å²) in [6.45, 7) is 1.30. The maximum atomic E-state index is 11.6. The van der Waals surface area contributed by atoms with Crippen LogP contribution in [0.5, 0.6) is 0 Å². The van der Waals surface area contributed by atoms with E-state index in [1.807, 2.05) is 41.2 Å². The lowest BCUT2D eigenvalue weighted by Gasteiger charge is -2.25. The Kier molecular flexibility index (Phi) is 3.25. The molecule has 3 rings (SSSR count). The van der Waals surface area contributed by atoms with E-state index in [2.05, 4.69) is 5.10 Å². The van der Waals surface area contributed by atoms with Crippen molar-refractivity contribution in [3.63, 3.8) is 0 Å². The molecule has 0 saturated heterocycles. The van der Waals surface area contributed by atoms with E-state index in [0.29, 0.717) is 13.1 Å². The van der Waals surface area contributed by atoms with Gasteiger partial charge in [0.2, 0.25) is 5.91 Å². The number of amides is 1. The van der Waals surface area contributed by atoms with Gasteiger partial charge in [0, 0.05) is 31.3 Å². The first kappa shape index (κ1) is 12.2. The van der Waals surface area contributed by atoms with E-state index in [-0.39, 0.29) is 11.8 Å². The number of rotatable bonds is 2. The minimum Gasteiger partial charge on any atom is -0.337 e. The maximum absolute atomic E-state index is 11.6. The van der Waals surface area contributed by atoms with Crippen molar-refractivity contribution < 1.29 is 4.79 Å². The zero-order chi connectivity index (χ0) is 13.2. The van der Waals surface area contributed by atoms with E-state index in [4.69, 9.17) is 11.6 Å². The van der Waals surface area contributed by atoms with Crippen LogP contribution in [0.15, 0.2) is 36.5 Å². The molecule has 0 fully saturated rings. The summed E-state index contributed by atoms with van der Waals surface area (Å²) >= 11 is 5.60. The summed E-state index contributed by atoms with van der Waals surface area (Å²) in [5.74, 6) is 0.0297. The first-order valence-corrected chi connectivity index (χ1v) is 6.78. The molecule has 19 heavy (non-hydrogen) atoms. The molecule has 0 unspecified atom stereocenters. The van der Waals surface area contributed by atoms with Gasteiger partial charge in [-0.3, -0.25) is 4.79 Å². The highest BCUT2D eigenvalue weighted by Gasteiger charge is 2.22. The number of alkyl halides is 1. The van der Waals surface area contributed by atoms with Crippen molar-refractivity contribution in [1.82, 2.24) is 14.7 Å². The van der Waals surface area contributed by atoms with E-state index < -0.39 is 0 Å². The second-order valence-corrected chi connectivity index (χ2v) is 4.85. The monoisotopic (exact) mass is 275 g/mol. The molecule has 0 aliphatic carbocycles. The number of benzene rings is 1. The predicted octanol–water partition coefficient (Wildman–Crippen LogP) is 2.00. The lowest BCUT2D eigenvalue weighted by molar-refractivity contribution is -0.129. The van der Waals surface area contributed by atoms with Crippen molar-refractivity contribution in [2.24, 2.45) is 0 Å². The van der Waals surface area contributed by atoms with Gasteiger partial charge >= 0.3 is 0 Å². The number of hydrogen-bond acceptors (Lipinski definition) is 2. The summed E-state index contributed by atoms with van der Waals surface area (Å²) in [6, 6.07) is 9.98. The van der Waals surface area contributed by atoms with Crippen LogP contribution in [0.2, 0.25) is 0 Å². The Hall–Kier alpha value is -1.81. The van der Waals surface area contributed by atoms with Crippen molar-refractivity contribution in [2.75, 3.05) is 12.4 Å². The molecule has 2 aromatic rings. The minimum absolute atomic E-state index is 0.0141. The Morgan fingerprint density at radius 1 is 1.32 bits per heavy atom. The summed E-state index contributed by atoms with van der Waals surface area (Å²) in [5, 5.41) is 4.59. The third-order valence-corrected chi connectivity index (χ3v) is 3.57. The molecule has 0 saturated carbocycles. The number of aromatic nitrogens is 2. The molecule has 0 spiro atoms. The van der Waals surface area contributed by atoms with Gasteiger partial charge < -0.3 is 4.90 Å². The smallest absolute Gasteiger partial charge is 0.237 e. The van der Waals surface area contributed by atoms with Gasteiger partial charge in [-0.15, -0.1) is 11.6 Å². The van der Waals surface area contributed by atoms with Crippen molar-refractivity contribution in [3.05, 3.63) is 47.8 Å². The number of fused-ring (bicyclic) bond motifs is 1. The van der Waals surface area contributed by atoms with Crippen molar-refractivity contribution in [1.29, 1.82) is 0 Å². The summed E-state index contributed by atoms with van der Waals surface area (Å²) < 4.78 is 1.87. The minimum atomic E-state index is -0.0141. The molecular formula is C14H14ClN3O. The van der Waals surface area contributed by atoms with E-state index in [0.717, 1.165) is 23.4 Å². The third-order valence-electron chi connectivity index (χ3n) is 3.34. The Labute approximate surface area is 116 Å². The molecule has 1 aliphatic rings. The maximum Gasteiger partial charge on any atom is 0.237 e. The van der Waals surface area contributed by atoms with Crippen LogP contribution in [-0.4, -0.2) is 33.0 Å². The van der Waals surface area contributed by atoms with Crippen molar-refractivity contribution in [2.45, 2.75) is 13.0 Å². The average Bonchev–Trinajstić information content (AvgIpc) is 2.90. The quantitative estimate of drug-likeness (QED) is 0.786. The molecule has 0 atom stereocenters. The predicted molar refractivity (Wildman–Crippen MR) is 73.4 cm³/mol. The summed E-state index contributed by atoms with van der Waals surface area (Å²) in [4.78, 5) is 13.4. The highest BCUT2D eigenvalue weighted by molar-refractivity contribution is 6.27. The van der Waals surface area contributed by atoms with Crippen molar-refractivity contribution in [3.8, 4) is 5.69 Å².